The largest absolute Gasteiger partial charge is 0.375 e. The predicted molar refractivity (Wildman–Crippen MR) is 70.9 cm³/mol. The molecule has 2 aliphatic heterocycles. The Morgan fingerprint density at radius 3 is 2.67 bits per heavy atom. The SMILES string of the molecule is Cc1cnc(C)c(N2CCC3(CCCO3)CC2)n1. The molecule has 2 saturated heterocycles. The molecule has 0 saturated carbocycles. The van der Waals surface area contributed by atoms with Gasteiger partial charge in [0, 0.05) is 25.9 Å². The molecule has 4 heteroatoms. The molecule has 2 fully saturated rings. The highest BCUT2D eigenvalue weighted by atomic mass is 16.5. The monoisotopic (exact) mass is 247 g/mol. The molecule has 0 unspecified atom stereocenters. The lowest BCUT2D eigenvalue weighted by Gasteiger charge is -2.39. The number of nitrogens with zero attached hydrogens (tertiary/aromatic N) is 3. The van der Waals surface area contributed by atoms with Gasteiger partial charge in [-0.2, -0.15) is 0 Å². The molecule has 0 aromatic carbocycles. The van der Waals surface area contributed by atoms with Crippen LogP contribution < -0.4 is 4.90 Å². The number of ether oxygens (including phenoxy) is 1. The van der Waals surface area contributed by atoms with Crippen molar-refractivity contribution in [3.8, 4) is 0 Å². The van der Waals surface area contributed by atoms with E-state index in [-0.39, 0.29) is 5.60 Å². The Balaban J connectivity index is 1.74. The van der Waals surface area contributed by atoms with Crippen molar-refractivity contribution in [2.75, 3.05) is 24.6 Å². The molecular formula is C14H21N3O. The van der Waals surface area contributed by atoms with Crippen LogP contribution in [-0.2, 0) is 4.74 Å². The van der Waals surface area contributed by atoms with Crippen LogP contribution in [-0.4, -0.2) is 35.3 Å². The van der Waals surface area contributed by atoms with E-state index in [1.54, 1.807) is 0 Å². The van der Waals surface area contributed by atoms with Crippen LogP contribution in [0.5, 0.6) is 0 Å². The third-order valence-corrected chi connectivity index (χ3v) is 4.21. The second kappa shape index (κ2) is 4.50. The van der Waals surface area contributed by atoms with Crippen LogP contribution in [0.15, 0.2) is 6.20 Å². The maximum Gasteiger partial charge on any atom is 0.150 e. The van der Waals surface area contributed by atoms with E-state index in [1.807, 2.05) is 20.0 Å². The van der Waals surface area contributed by atoms with E-state index in [0.717, 1.165) is 49.7 Å². The summed E-state index contributed by atoms with van der Waals surface area (Å²) in [4.78, 5) is 11.4. The van der Waals surface area contributed by atoms with Gasteiger partial charge in [-0.1, -0.05) is 0 Å². The van der Waals surface area contributed by atoms with Crippen LogP contribution in [0.2, 0.25) is 0 Å². The van der Waals surface area contributed by atoms with Crippen molar-refractivity contribution in [1.82, 2.24) is 9.97 Å². The van der Waals surface area contributed by atoms with Crippen LogP contribution in [0.3, 0.4) is 0 Å². The molecule has 1 spiro atoms. The third kappa shape index (κ3) is 2.09. The highest BCUT2D eigenvalue weighted by Gasteiger charge is 2.38. The van der Waals surface area contributed by atoms with Crippen LogP contribution >= 0.6 is 0 Å². The summed E-state index contributed by atoms with van der Waals surface area (Å²) in [7, 11) is 0. The summed E-state index contributed by atoms with van der Waals surface area (Å²) in [6, 6.07) is 0. The first kappa shape index (κ1) is 11.9. The highest BCUT2D eigenvalue weighted by Crippen LogP contribution is 2.36. The van der Waals surface area contributed by atoms with Gasteiger partial charge in [-0.15, -0.1) is 0 Å². The normalized spacial score (nSPS) is 22.7. The molecule has 1 aromatic rings. The van der Waals surface area contributed by atoms with Crippen molar-refractivity contribution in [2.45, 2.75) is 45.1 Å². The minimum absolute atomic E-state index is 0.182. The summed E-state index contributed by atoms with van der Waals surface area (Å²) in [5.74, 6) is 1.06. The molecule has 0 bridgehead atoms. The van der Waals surface area contributed by atoms with Gasteiger partial charge in [-0.3, -0.25) is 4.98 Å². The smallest absolute Gasteiger partial charge is 0.150 e. The van der Waals surface area contributed by atoms with Gasteiger partial charge in [-0.25, -0.2) is 4.98 Å². The molecule has 4 nitrogen and oxygen atoms in total. The zero-order valence-corrected chi connectivity index (χ0v) is 11.3. The fourth-order valence-electron chi connectivity index (χ4n) is 3.10. The van der Waals surface area contributed by atoms with Gasteiger partial charge in [0.25, 0.3) is 0 Å². The lowest BCUT2D eigenvalue weighted by atomic mass is 9.88. The molecular weight excluding hydrogens is 226 g/mol. The summed E-state index contributed by atoms with van der Waals surface area (Å²) < 4.78 is 5.96. The Bertz CT molecular complexity index is 431. The minimum atomic E-state index is 0.182. The fourth-order valence-corrected chi connectivity index (χ4v) is 3.10. The molecule has 1 aromatic heterocycles. The van der Waals surface area contributed by atoms with E-state index in [0.29, 0.717) is 0 Å². The van der Waals surface area contributed by atoms with Gasteiger partial charge in [-0.05, 0) is 39.5 Å². The van der Waals surface area contributed by atoms with Crippen LogP contribution in [0, 0.1) is 13.8 Å². The van der Waals surface area contributed by atoms with Crippen LogP contribution in [0.1, 0.15) is 37.1 Å². The van der Waals surface area contributed by atoms with Crippen molar-refractivity contribution in [3.05, 3.63) is 17.6 Å². The van der Waals surface area contributed by atoms with E-state index >= 15 is 0 Å². The molecule has 18 heavy (non-hydrogen) atoms. The number of anilines is 1. The number of aryl methyl sites for hydroxylation is 2. The Kier molecular flexibility index (Phi) is 2.98. The van der Waals surface area contributed by atoms with Gasteiger partial charge in [0.1, 0.15) is 5.82 Å². The Morgan fingerprint density at radius 1 is 1.22 bits per heavy atom. The lowest BCUT2D eigenvalue weighted by molar-refractivity contribution is -0.0147. The summed E-state index contributed by atoms with van der Waals surface area (Å²) in [6.07, 6.45) is 6.55. The Labute approximate surface area is 108 Å². The molecule has 98 valence electrons. The Morgan fingerprint density at radius 2 is 2.00 bits per heavy atom. The molecule has 0 atom stereocenters. The van der Waals surface area contributed by atoms with Crippen molar-refractivity contribution >= 4 is 5.82 Å². The molecule has 0 N–H and O–H groups in total. The van der Waals surface area contributed by atoms with Gasteiger partial charge >= 0.3 is 0 Å². The molecule has 3 rings (SSSR count). The van der Waals surface area contributed by atoms with E-state index in [4.69, 9.17) is 4.74 Å². The van der Waals surface area contributed by atoms with E-state index in [1.165, 1.54) is 12.8 Å². The maximum absolute atomic E-state index is 5.96. The standard InChI is InChI=1S/C14H21N3O/c1-11-10-15-12(2)13(16-11)17-7-5-14(6-8-17)4-3-9-18-14/h10H,3-9H2,1-2H3. The second-order valence-corrected chi connectivity index (χ2v) is 5.54. The predicted octanol–water partition coefficient (Wildman–Crippen LogP) is 2.24. The lowest BCUT2D eigenvalue weighted by Crippen LogP contribution is -2.44. The average molecular weight is 247 g/mol. The highest BCUT2D eigenvalue weighted by molar-refractivity contribution is 5.43. The number of hydrogen-bond acceptors (Lipinski definition) is 4. The Hall–Kier alpha value is -1.16. The molecule has 3 heterocycles. The zero-order valence-electron chi connectivity index (χ0n) is 11.3. The zero-order chi connectivity index (χ0) is 12.6. The average Bonchev–Trinajstić information content (AvgIpc) is 2.82. The topological polar surface area (TPSA) is 38.2 Å². The molecule has 0 aliphatic carbocycles. The van der Waals surface area contributed by atoms with Crippen molar-refractivity contribution in [1.29, 1.82) is 0 Å². The second-order valence-electron chi connectivity index (χ2n) is 5.54. The summed E-state index contributed by atoms with van der Waals surface area (Å²) in [5.41, 5.74) is 2.21. The fraction of sp³-hybridized carbons (Fsp3) is 0.714. The first-order valence-corrected chi connectivity index (χ1v) is 6.88. The van der Waals surface area contributed by atoms with E-state index in [2.05, 4.69) is 14.9 Å². The summed E-state index contributed by atoms with van der Waals surface area (Å²) in [5, 5.41) is 0. The number of hydrogen-bond donors (Lipinski definition) is 0. The third-order valence-electron chi connectivity index (χ3n) is 4.21. The number of rotatable bonds is 1. The van der Waals surface area contributed by atoms with E-state index in [9.17, 15) is 0 Å². The van der Waals surface area contributed by atoms with Crippen molar-refractivity contribution < 1.29 is 4.74 Å². The van der Waals surface area contributed by atoms with Gasteiger partial charge in [0.2, 0.25) is 0 Å². The summed E-state index contributed by atoms with van der Waals surface area (Å²) in [6.45, 7) is 7.07. The molecule has 0 amide bonds. The molecule has 2 aliphatic rings. The van der Waals surface area contributed by atoms with Gasteiger partial charge in [0.05, 0.1) is 17.0 Å². The summed E-state index contributed by atoms with van der Waals surface area (Å²) >= 11 is 0. The molecule has 0 radical (unpaired) electrons. The van der Waals surface area contributed by atoms with E-state index < -0.39 is 0 Å². The van der Waals surface area contributed by atoms with Gasteiger partial charge in [0.15, 0.2) is 0 Å². The van der Waals surface area contributed by atoms with Crippen LogP contribution in [0.25, 0.3) is 0 Å². The quantitative estimate of drug-likeness (QED) is 0.763. The minimum Gasteiger partial charge on any atom is -0.375 e. The van der Waals surface area contributed by atoms with Gasteiger partial charge < -0.3 is 9.64 Å². The van der Waals surface area contributed by atoms with Crippen LogP contribution in [0.4, 0.5) is 5.82 Å². The number of aromatic nitrogens is 2. The van der Waals surface area contributed by atoms with Crippen molar-refractivity contribution in [3.63, 3.8) is 0 Å². The number of piperidine rings is 1. The maximum atomic E-state index is 5.96. The first-order chi connectivity index (χ1) is 8.69. The first-order valence-electron chi connectivity index (χ1n) is 6.88. The van der Waals surface area contributed by atoms with Crippen molar-refractivity contribution in [2.24, 2.45) is 0 Å².